The molecule has 2 atom stereocenters. The van der Waals surface area contributed by atoms with Crippen LogP contribution in [-0.4, -0.2) is 59.9 Å². The van der Waals surface area contributed by atoms with Crippen LogP contribution in [0.4, 0.5) is 0 Å². The van der Waals surface area contributed by atoms with Gasteiger partial charge in [0.25, 0.3) is 0 Å². The lowest BCUT2D eigenvalue weighted by Gasteiger charge is -2.36. The first-order valence-electron chi connectivity index (χ1n) is 11.5. The van der Waals surface area contributed by atoms with E-state index in [0.29, 0.717) is 13.1 Å². The van der Waals surface area contributed by atoms with Gasteiger partial charge in [-0.05, 0) is 52.3 Å². The zero-order valence-corrected chi connectivity index (χ0v) is 18.4. The number of rotatable bonds is 3. The van der Waals surface area contributed by atoms with E-state index in [9.17, 15) is 9.59 Å². The van der Waals surface area contributed by atoms with Gasteiger partial charge in [-0.2, -0.15) is 0 Å². The number of carbonyl (C=O) groups is 2. The first-order chi connectivity index (χ1) is 14.5. The van der Waals surface area contributed by atoms with E-state index in [4.69, 9.17) is 4.74 Å². The molecule has 2 heterocycles. The Labute approximate surface area is 179 Å². The maximum absolute atomic E-state index is 13.4. The molecule has 1 aliphatic carbocycles. The topological polar surface area (TPSA) is 61.9 Å². The van der Waals surface area contributed by atoms with Crippen molar-refractivity contribution < 1.29 is 14.3 Å². The van der Waals surface area contributed by atoms with Crippen molar-refractivity contribution in [2.24, 2.45) is 5.92 Å². The number of hydrogen-bond donors (Lipinski definition) is 1. The third-order valence-corrected chi connectivity index (χ3v) is 7.03. The van der Waals surface area contributed by atoms with Crippen LogP contribution in [0.1, 0.15) is 57.4 Å². The average Bonchev–Trinajstić information content (AvgIpc) is 3.15. The van der Waals surface area contributed by atoms with E-state index >= 15 is 0 Å². The predicted octanol–water partition coefficient (Wildman–Crippen LogP) is 2.96. The van der Waals surface area contributed by atoms with Gasteiger partial charge in [0.15, 0.2) is 0 Å². The molecule has 4 rings (SSSR count). The van der Waals surface area contributed by atoms with Gasteiger partial charge >= 0.3 is 0 Å². The van der Waals surface area contributed by atoms with Crippen molar-refractivity contribution in [1.29, 1.82) is 0 Å². The van der Waals surface area contributed by atoms with E-state index in [0.717, 1.165) is 69.3 Å². The van der Waals surface area contributed by atoms with Crippen LogP contribution in [0.3, 0.4) is 0 Å². The Morgan fingerprint density at radius 3 is 2.70 bits per heavy atom. The summed E-state index contributed by atoms with van der Waals surface area (Å²) in [5.41, 5.74) is 0.664. The number of fused-ring (bicyclic) bond motifs is 1. The zero-order valence-electron chi connectivity index (χ0n) is 18.4. The highest BCUT2D eigenvalue weighted by Crippen LogP contribution is 2.35. The fourth-order valence-corrected chi connectivity index (χ4v) is 5.18. The molecule has 3 aliphatic rings. The lowest BCUT2D eigenvalue weighted by molar-refractivity contribution is -0.139. The molecule has 6 nitrogen and oxygen atoms in total. The van der Waals surface area contributed by atoms with Crippen LogP contribution in [0.5, 0.6) is 5.75 Å². The fourth-order valence-electron chi connectivity index (χ4n) is 5.18. The number of nitrogens with one attached hydrogen (secondary N) is 1. The molecule has 1 N–H and O–H groups in total. The standard InChI is InChI=1S/C24H35N3O3/c1-18(25-22(28)19-8-3-4-9-19)23(29)27-16-20-10-5-6-11-21(20)30-24(17-27)12-7-14-26(2)15-13-24/h5-6,10-11,18-19H,3-4,7-9,12-17H2,1-2H3,(H,25,28). The van der Waals surface area contributed by atoms with Gasteiger partial charge in [-0.3, -0.25) is 9.59 Å². The van der Waals surface area contributed by atoms with Crippen LogP contribution in [-0.2, 0) is 16.1 Å². The van der Waals surface area contributed by atoms with Crippen LogP contribution in [0.2, 0.25) is 0 Å². The van der Waals surface area contributed by atoms with E-state index < -0.39 is 6.04 Å². The summed E-state index contributed by atoms with van der Waals surface area (Å²) < 4.78 is 6.63. The van der Waals surface area contributed by atoms with Crippen molar-refractivity contribution in [3.05, 3.63) is 29.8 Å². The van der Waals surface area contributed by atoms with Crippen molar-refractivity contribution in [3.8, 4) is 5.75 Å². The second-order valence-corrected chi connectivity index (χ2v) is 9.46. The predicted molar refractivity (Wildman–Crippen MR) is 116 cm³/mol. The van der Waals surface area contributed by atoms with Gasteiger partial charge in [0.2, 0.25) is 11.8 Å². The molecule has 6 heteroatoms. The molecule has 1 aromatic carbocycles. The highest BCUT2D eigenvalue weighted by molar-refractivity contribution is 5.88. The van der Waals surface area contributed by atoms with Gasteiger partial charge in [-0.25, -0.2) is 0 Å². The van der Waals surface area contributed by atoms with Crippen LogP contribution < -0.4 is 10.1 Å². The summed E-state index contributed by atoms with van der Waals surface area (Å²) in [5.74, 6) is 0.974. The van der Waals surface area contributed by atoms with Crippen molar-refractivity contribution >= 4 is 11.8 Å². The van der Waals surface area contributed by atoms with Crippen molar-refractivity contribution in [2.75, 3.05) is 26.7 Å². The Balaban J connectivity index is 1.53. The van der Waals surface area contributed by atoms with Crippen molar-refractivity contribution in [1.82, 2.24) is 15.1 Å². The van der Waals surface area contributed by atoms with Crippen LogP contribution in [0, 0.1) is 5.92 Å². The number of likely N-dealkylation sites (tertiary alicyclic amines) is 1. The van der Waals surface area contributed by atoms with Crippen LogP contribution >= 0.6 is 0 Å². The Morgan fingerprint density at radius 2 is 1.90 bits per heavy atom. The summed E-state index contributed by atoms with van der Waals surface area (Å²) in [4.78, 5) is 30.3. The van der Waals surface area contributed by atoms with Gasteiger partial charge < -0.3 is 19.9 Å². The van der Waals surface area contributed by atoms with Crippen LogP contribution in [0.25, 0.3) is 0 Å². The summed E-state index contributed by atoms with van der Waals surface area (Å²) in [5, 5.41) is 2.99. The minimum atomic E-state index is -0.520. The summed E-state index contributed by atoms with van der Waals surface area (Å²) >= 11 is 0. The second kappa shape index (κ2) is 8.96. The molecule has 2 amide bonds. The number of amides is 2. The highest BCUT2D eigenvalue weighted by atomic mass is 16.5. The lowest BCUT2D eigenvalue weighted by atomic mass is 9.93. The molecular formula is C24H35N3O3. The molecule has 2 fully saturated rings. The maximum Gasteiger partial charge on any atom is 0.245 e. The van der Waals surface area contributed by atoms with Gasteiger partial charge in [0.1, 0.15) is 17.4 Å². The average molecular weight is 414 g/mol. The second-order valence-electron chi connectivity index (χ2n) is 9.46. The summed E-state index contributed by atoms with van der Waals surface area (Å²) in [6.45, 7) is 4.92. The number of para-hydroxylation sites is 1. The third-order valence-electron chi connectivity index (χ3n) is 7.03. The zero-order chi connectivity index (χ0) is 21.1. The largest absolute Gasteiger partial charge is 0.485 e. The van der Waals surface area contributed by atoms with Crippen molar-refractivity contribution in [3.63, 3.8) is 0 Å². The van der Waals surface area contributed by atoms with Gasteiger partial charge in [-0.1, -0.05) is 31.0 Å². The van der Waals surface area contributed by atoms with Gasteiger partial charge in [0.05, 0.1) is 6.54 Å². The molecule has 1 saturated heterocycles. The Hall–Kier alpha value is -2.08. The van der Waals surface area contributed by atoms with E-state index in [1.165, 1.54) is 0 Å². The molecule has 1 spiro atoms. The number of ether oxygens (including phenoxy) is 1. The van der Waals surface area contributed by atoms with Crippen molar-refractivity contribution in [2.45, 2.75) is 70.1 Å². The summed E-state index contributed by atoms with van der Waals surface area (Å²) in [6, 6.07) is 7.53. The molecule has 2 unspecified atom stereocenters. The normalized spacial score (nSPS) is 26.4. The van der Waals surface area contributed by atoms with E-state index in [-0.39, 0.29) is 23.3 Å². The molecule has 0 aromatic heterocycles. The number of benzene rings is 1. The monoisotopic (exact) mass is 413 g/mol. The molecule has 1 aromatic rings. The first-order valence-corrected chi connectivity index (χ1v) is 11.5. The summed E-state index contributed by atoms with van der Waals surface area (Å²) in [7, 11) is 2.15. The minimum absolute atomic E-state index is 0.0152. The molecule has 0 bridgehead atoms. The molecule has 1 saturated carbocycles. The third kappa shape index (κ3) is 4.64. The molecule has 30 heavy (non-hydrogen) atoms. The van der Waals surface area contributed by atoms with E-state index in [1.54, 1.807) is 0 Å². The maximum atomic E-state index is 13.4. The highest BCUT2D eigenvalue weighted by Gasteiger charge is 2.41. The molecule has 0 radical (unpaired) electrons. The molecule has 164 valence electrons. The molecular weight excluding hydrogens is 378 g/mol. The quantitative estimate of drug-likeness (QED) is 0.828. The lowest BCUT2D eigenvalue weighted by Crippen LogP contribution is -2.53. The molecule has 2 aliphatic heterocycles. The minimum Gasteiger partial charge on any atom is -0.485 e. The fraction of sp³-hybridized carbons (Fsp3) is 0.667. The number of carbonyl (C=O) groups excluding carboxylic acids is 2. The Bertz CT molecular complexity index is 777. The van der Waals surface area contributed by atoms with Gasteiger partial charge in [0, 0.05) is 31.0 Å². The number of nitrogens with zero attached hydrogens (tertiary/aromatic N) is 2. The number of hydrogen-bond acceptors (Lipinski definition) is 4. The SMILES string of the molecule is CC(NC(=O)C1CCCC1)C(=O)N1Cc2ccccc2OC2(CCCN(C)CC2)C1. The smallest absolute Gasteiger partial charge is 0.245 e. The van der Waals surface area contributed by atoms with Gasteiger partial charge in [-0.15, -0.1) is 0 Å². The van der Waals surface area contributed by atoms with E-state index in [1.807, 2.05) is 36.1 Å². The Morgan fingerprint density at radius 1 is 1.13 bits per heavy atom. The summed E-state index contributed by atoms with van der Waals surface area (Å²) in [6.07, 6.45) is 6.97. The Kier molecular flexibility index (Phi) is 6.32. The van der Waals surface area contributed by atoms with Crippen LogP contribution in [0.15, 0.2) is 24.3 Å². The first kappa shape index (κ1) is 21.2. The van der Waals surface area contributed by atoms with E-state index in [2.05, 4.69) is 17.3 Å².